The largest absolute Gasteiger partial charge is 0.475 e. The van der Waals surface area contributed by atoms with Gasteiger partial charge >= 0.3 is 0 Å². The third kappa shape index (κ3) is 2.08. The van der Waals surface area contributed by atoms with E-state index in [1.165, 1.54) is 0 Å². The summed E-state index contributed by atoms with van der Waals surface area (Å²) in [6.45, 7) is 4.25. The molecule has 4 nitrogen and oxygen atoms in total. The molecule has 0 amide bonds. The molecule has 0 saturated carbocycles. The predicted molar refractivity (Wildman–Crippen MR) is 75.4 cm³/mol. The van der Waals surface area contributed by atoms with Gasteiger partial charge in [0.1, 0.15) is 0 Å². The normalized spacial score (nSPS) is 13.3. The van der Waals surface area contributed by atoms with Crippen molar-refractivity contribution >= 4 is 22.5 Å². The lowest BCUT2D eigenvalue weighted by Gasteiger charge is -2.13. The van der Waals surface area contributed by atoms with Gasteiger partial charge in [-0.25, -0.2) is 4.98 Å². The van der Waals surface area contributed by atoms with E-state index in [0.717, 1.165) is 27.2 Å². The van der Waals surface area contributed by atoms with Gasteiger partial charge in [0.15, 0.2) is 11.5 Å². The Bertz CT molecular complexity index is 628. The molecule has 0 bridgehead atoms. The van der Waals surface area contributed by atoms with Crippen LogP contribution >= 0.6 is 11.8 Å². The van der Waals surface area contributed by atoms with E-state index in [4.69, 9.17) is 14.2 Å². The Morgan fingerprint density at radius 3 is 2.79 bits per heavy atom. The molecule has 0 N–H and O–H groups in total. The molecule has 0 radical (unpaired) electrons. The molecule has 5 heteroatoms. The van der Waals surface area contributed by atoms with Crippen molar-refractivity contribution in [3.63, 3.8) is 0 Å². The Balaban J connectivity index is 2.26. The molecule has 1 aromatic heterocycles. The van der Waals surface area contributed by atoms with Gasteiger partial charge in [-0.05, 0) is 32.2 Å². The maximum Gasteiger partial charge on any atom is 0.231 e. The Morgan fingerprint density at radius 2 is 2.05 bits per heavy atom. The highest BCUT2D eigenvalue weighted by atomic mass is 32.2. The minimum absolute atomic E-state index is 0.0845. The van der Waals surface area contributed by atoms with Crippen LogP contribution in [0.25, 0.3) is 10.8 Å². The summed E-state index contributed by atoms with van der Waals surface area (Å²) in [5.74, 6) is 2.25. The molecule has 19 heavy (non-hydrogen) atoms. The third-order valence-corrected chi connectivity index (χ3v) is 3.62. The monoisotopic (exact) mass is 277 g/mol. The molecule has 1 aromatic carbocycles. The van der Waals surface area contributed by atoms with Crippen LogP contribution < -0.4 is 14.2 Å². The van der Waals surface area contributed by atoms with E-state index in [-0.39, 0.29) is 12.9 Å². The molecule has 100 valence electrons. The van der Waals surface area contributed by atoms with Gasteiger partial charge in [-0.2, -0.15) is 0 Å². The molecule has 1 aliphatic rings. The zero-order chi connectivity index (χ0) is 13.4. The fourth-order valence-corrected chi connectivity index (χ4v) is 2.69. The average Bonchev–Trinajstić information content (AvgIpc) is 2.87. The number of benzene rings is 1. The van der Waals surface area contributed by atoms with Crippen LogP contribution in [0.1, 0.15) is 13.8 Å². The summed E-state index contributed by atoms with van der Waals surface area (Å²) in [6.07, 6.45) is 3.84. The van der Waals surface area contributed by atoms with E-state index in [1.807, 2.05) is 26.2 Å². The van der Waals surface area contributed by atoms with E-state index in [0.29, 0.717) is 5.88 Å². The molecular formula is C14H15NO3S. The van der Waals surface area contributed by atoms with Gasteiger partial charge in [-0.1, -0.05) is 0 Å². The first-order valence-electron chi connectivity index (χ1n) is 6.12. The highest BCUT2D eigenvalue weighted by molar-refractivity contribution is 7.98. The number of fused-ring (bicyclic) bond motifs is 3. The quantitative estimate of drug-likeness (QED) is 0.803. The summed E-state index contributed by atoms with van der Waals surface area (Å²) >= 11 is 1.63. The molecule has 0 aliphatic carbocycles. The van der Waals surface area contributed by atoms with Gasteiger partial charge in [0.2, 0.25) is 12.7 Å². The van der Waals surface area contributed by atoms with Crippen molar-refractivity contribution in [3.8, 4) is 17.4 Å². The Hall–Kier alpha value is -1.62. The molecule has 0 atom stereocenters. The molecule has 3 rings (SSSR count). The van der Waals surface area contributed by atoms with E-state index >= 15 is 0 Å². The first kappa shape index (κ1) is 12.4. The standard InChI is InChI=1S/C14H15NO3S/c1-8(2)18-14-10-6-11(19-3)13-12(16-7-17-13)9(10)4-5-15-14/h4-6,8H,7H2,1-3H3. The number of ether oxygens (including phenoxy) is 3. The highest BCUT2D eigenvalue weighted by Crippen LogP contribution is 2.47. The van der Waals surface area contributed by atoms with Crippen LogP contribution in [-0.2, 0) is 0 Å². The molecular weight excluding hydrogens is 262 g/mol. The van der Waals surface area contributed by atoms with Crippen molar-refractivity contribution in [2.24, 2.45) is 0 Å². The minimum atomic E-state index is 0.0845. The van der Waals surface area contributed by atoms with E-state index in [9.17, 15) is 0 Å². The number of hydrogen-bond donors (Lipinski definition) is 0. The molecule has 0 fully saturated rings. The summed E-state index contributed by atoms with van der Waals surface area (Å²) in [6, 6.07) is 3.98. The molecule has 2 aromatic rings. The van der Waals surface area contributed by atoms with Gasteiger partial charge in [0.05, 0.1) is 11.0 Å². The fourth-order valence-electron chi connectivity index (χ4n) is 2.12. The highest BCUT2D eigenvalue weighted by Gasteiger charge is 2.23. The summed E-state index contributed by atoms with van der Waals surface area (Å²) in [5.41, 5.74) is 0. The van der Waals surface area contributed by atoms with Crippen LogP contribution in [0.5, 0.6) is 17.4 Å². The van der Waals surface area contributed by atoms with Crippen molar-refractivity contribution < 1.29 is 14.2 Å². The summed E-state index contributed by atoms with van der Waals surface area (Å²) < 4.78 is 16.9. The van der Waals surface area contributed by atoms with Crippen LogP contribution in [-0.4, -0.2) is 24.1 Å². The zero-order valence-corrected chi connectivity index (χ0v) is 11.9. The molecule has 1 aliphatic heterocycles. The van der Waals surface area contributed by atoms with Crippen molar-refractivity contribution in [2.75, 3.05) is 13.0 Å². The average molecular weight is 277 g/mol. The maximum atomic E-state index is 5.77. The third-order valence-electron chi connectivity index (χ3n) is 2.88. The number of rotatable bonds is 3. The van der Waals surface area contributed by atoms with Gasteiger partial charge in [-0.3, -0.25) is 0 Å². The zero-order valence-electron chi connectivity index (χ0n) is 11.1. The fraction of sp³-hybridized carbons (Fsp3) is 0.357. The number of pyridine rings is 1. The summed E-state index contributed by atoms with van der Waals surface area (Å²) in [4.78, 5) is 5.36. The Labute approximate surface area is 116 Å². The lowest BCUT2D eigenvalue weighted by Crippen LogP contribution is -2.07. The van der Waals surface area contributed by atoms with Gasteiger partial charge < -0.3 is 14.2 Å². The predicted octanol–water partition coefficient (Wildman–Crippen LogP) is 3.47. The second kappa shape index (κ2) is 4.81. The lowest BCUT2D eigenvalue weighted by atomic mass is 10.1. The van der Waals surface area contributed by atoms with Crippen molar-refractivity contribution in [1.29, 1.82) is 0 Å². The van der Waals surface area contributed by atoms with Gasteiger partial charge in [0.25, 0.3) is 0 Å². The Morgan fingerprint density at radius 1 is 1.26 bits per heavy atom. The van der Waals surface area contributed by atoms with E-state index in [2.05, 4.69) is 11.1 Å². The second-order valence-electron chi connectivity index (χ2n) is 4.52. The topological polar surface area (TPSA) is 40.6 Å². The lowest BCUT2D eigenvalue weighted by molar-refractivity contribution is 0.173. The summed E-state index contributed by atoms with van der Waals surface area (Å²) in [5, 5.41) is 1.95. The number of aromatic nitrogens is 1. The van der Waals surface area contributed by atoms with Gasteiger partial charge in [0, 0.05) is 17.0 Å². The van der Waals surface area contributed by atoms with Crippen LogP contribution in [0.3, 0.4) is 0 Å². The molecule has 0 unspecified atom stereocenters. The Kier molecular flexibility index (Phi) is 3.14. The molecule has 2 heterocycles. The summed E-state index contributed by atoms with van der Waals surface area (Å²) in [7, 11) is 0. The van der Waals surface area contributed by atoms with Crippen LogP contribution in [0.15, 0.2) is 23.2 Å². The number of hydrogen-bond acceptors (Lipinski definition) is 5. The maximum absolute atomic E-state index is 5.77. The van der Waals surface area contributed by atoms with Crippen molar-refractivity contribution in [3.05, 3.63) is 18.3 Å². The molecule has 0 spiro atoms. The van der Waals surface area contributed by atoms with E-state index in [1.54, 1.807) is 18.0 Å². The van der Waals surface area contributed by atoms with Gasteiger partial charge in [-0.15, -0.1) is 11.8 Å². The van der Waals surface area contributed by atoms with E-state index < -0.39 is 0 Å². The SMILES string of the molecule is CSc1cc2c(OC(C)C)nccc2c2c1OCO2. The van der Waals surface area contributed by atoms with Crippen LogP contribution in [0.4, 0.5) is 0 Å². The second-order valence-corrected chi connectivity index (χ2v) is 5.37. The smallest absolute Gasteiger partial charge is 0.231 e. The first-order chi connectivity index (χ1) is 9.20. The first-order valence-corrected chi connectivity index (χ1v) is 7.35. The number of thioether (sulfide) groups is 1. The van der Waals surface area contributed by atoms with Crippen molar-refractivity contribution in [1.82, 2.24) is 4.98 Å². The minimum Gasteiger partial charge on any atom is -0.475 e. The molecule has 0 saturated heterocycles. The van der Waals surface area contributed by atoms with Crippen molar-refractivity contribution in [2.45, 2.75) is 24.8 Å². The van der Waals surface area contributed by atoms with Crippen LogP contribution in [0.2, 0.25) is 0 Å². The number of nitrogens with zero attached hydrogens (tertiary/aromatic N) is 1. The van der Waals surface area contributed by atoms with Crippen LogP contribution in [0, 0.1) is 0 Å².